The Balaban J connectivity index is 1.64. The van der Waals surface area contributed by atoms with E-state index >= 15 is 0 Å². The van der Waals surface area contributed by atoms with Gasteiger partial charge >= 0.3 is 0 Å². The van der Waals surface area contributed by atoms with Crippen LogP contribution < -0.4 is 10.0 Å². The van der Waals surface area contributed by atoms with Gasteiger partial charge in [-0.2, -0.15) is 0 Å². The van der Waals surface area contributed by atoms with E-state index in [1.165, 1.54) is 0 Å². The van der Waals surface area contributed by atoms with Gasteiger partial charge in [0.1, 0.15) is 10.3 Å². The van der Waals surface area contributed by atoms with E-state index < -0.39 is 16.1 Å². The van der Waals surface area contributed by atoms with Gasteiger partial charge < -0.3 is 10.1 Å². The third-order valence-electron chi connectivity index (χ3n) is 3.39. The molecule has 2 aromatic rings. The summed E-state index contributed by atoms with van der Waals surface area (Å²) in [4.78, 5) is 11.9. The van der Waals surface area contributed by atoms with Crippen LogP contribution in [0.2, 0.25) is 0 Å². The lowest BCUT2D eigenvalue weighted by Crippen LogP contribution is -2.26. The van der Waals surface area contributed by atoms with Crippen molar-refractivity contribution in [1.29, 1.82) is 0 Å². The van der Waals surface area contributed by atoms with E-state index in [9.17, 15) is 13.2 Å². The zero-order chi connectivity index (χ0) is 16.3. The van der Waals surface area contributed by atoms with Gasteiger partial charge in [0.25, 0.3) is 15.9 Å². The Morgan fingerprint density at radius 3 is 2.52 bits per heavy atom. The lowest BCUT2D eigenvalue weighted by Gasteiger charge is -2.11. The minimum atomic E-state index is -3.56. The van der Waals surface area contributed by atoms with E-state index in [1.807, 2.05) is 0 Å². The molecule has 1 atom stereocenters. The van der Waals surface area contributed by atoms with E-state index in [0.29, 0.717) is 18.0 Å². The second-order valence-corrected chi connectivity index (χ2v) is 7.96. The van der Waals surface area contributed by atoms with Gasteiger partial charge in [0.2, 0.25) is 0 Å². The molecular weight excluding hydrogens is 336 g/mol. The molecule has 8 heteroatoms. The summed E-state index contributed by atoms with van der Waals surface area (Å²) >= 11 is 1.15. The van der Waals surface area contributed by atoms with Crippen LogP contribution in [0.4, 0.5) is 11.4 Å². The van der Waals surface area contributed by atoms with Crippen LogP contribution in [-0.4, -0.2) is 27.0 Å². The summed E-state index contributed by atoms with van der Waals surface area (Å²) in [6.07, 6.45) is 1.22. The lowest BCUT2D eigenvalue weighted by molar-refractivity contribution is -0.124. The van der Waals surface area contributed by atoms with Crippen molar-refractivity contribution >= 4 is 38.6 Å². The van der Waals surface area contributed by atoms with Crippen molar-refractivity contribution in [3.8, 4) is 0 Å². The highest BCUT2D eigenvalue weighted by Gasteiger charge is 2.23. The molecule has 3 rings (SSSR count). The van der Waals surface area contributed by atoms with Gasteiger partial charge in [-0.05, 0) is 48.6 Å². The van der Waals surface area contributed by atoms with Crippen LogP contribution in [0, 0.1) is 0 Å². The molecule has 1 fully saturated rings. The Morgan fingerprint density at radius 1 is 1.17 bits per heavy atom. The Labute approximate surface area is 138 Å². The van der Waals surface area contributed by atoms with E-state index in [0.717, 1.165) is 24.2 Å². The monoisotopic (exact) mass is 352 g/mol. The summed E-state index contributed by atoms with van der Waals surface area (Å²) in [5.74, 6) is -0.172. The minimum absolute atomic E-state index is 0.172. The molecule has 1 aromatic carbocycles. The first-order valence-electron chi connectivity index (χ1n) is 7.13. The van der Waals surface area contributed by atoms with Crippen molar-refractivity contribution in [2.75, 3.05) is 16.6 Å². The molecule has 122 valence electrons. The second-order valence-electron chi connectivity index (χ2n) is 5.11. The molecule has 1 aliphatic rings. The molecule has 0 unspecified atom stereocenters. The Morgan fingerprint density at radius 2 is 1.91 bits per heavy atom. The summed E-state index contributed by atoms with van der Waals surface area (Å²) < 4.78 is 32.3. The number of carbonyl (C=O) groups is 1. The number of ether oxygens (including phenoxy) is 1. The smallest absolute Gasteiger partial charge is 0.271 e. The molecule has 0 radical (unpaired) electrons. The zero-order valence-electron chi connectivity index (χ0n) is 12.2. The molecule has 23 heavy (non-hydrogen) atoms. The molecule has 1 amide bonds. The molecule has 1 saturated heterocycles. The number of nitrogens with one attached hydrogen (secondary N) is 2. The van der Waals surface area contributed by atoms with Gasteiger partial charge in [-0.1, -0.05) is 6.07 Å². The SMILES string of the molecule is O=C(Nc1ccc(NS(=O)(=O)c2cccs2)cc1)[C@@H]1CCCO1. The van der Waals surface area contributed by atoms with E-state index in [2.05, 4.69) is 10.0 Å². The van der Waals surface area contributed by atoms with Crippen molar-refractivity contribution in [2.45, 2.75) is 23.2 Å². The Bertz CT molecular complexity index is 764. The van der Waals surface area contributed by atoms with Crippen LogP contribution in [-0.2, 0) is 19.6 Å². The van der Waals surface area contributed by atoms with Gasteiger partial charge in [0, 0.05) is 18.0 Å². The van der Waals surface area contributed by atoms with Crippen molar-refractivity contribution < 1.29 is 17.9 Å². The number of rotatable bonds is 5. The maximum absolute atomic E-state index is 12.1. The molecule has 0 spiro atoms. The van der Waals surface area contributed by atoms with Crippen LogP contribution in [0.3, 0.4) is 0 Å². The number of hydrogen-bond acceptors (Lipinski definition) is 5. The molecule has 0 aliphatic carbocycles. The van der Waals surface area contributed by atoms with E-state index in [-0.39, 0.29) is 10.1 Å². The van der Waals surface area contributed by atoms with Gasteiger partial charge in [-0.25, -0.2) is 8.42 Å². The zero-order valence-corrected chi connectivity index (χ0v) is 13.8. The van der Waals surface area contributed by atoms with Crippen LogP contribution in [0.25, 0.3) is 0 Å². The molecule has 2 N–H and O–H groups in total. The first-order chi connectivity index (χ1) is 11.0. The fraction of sp³-hybridized carbons (Fsp3) is 0.267. The molecule has 0 bridgehead atoms. The van der Waals surface area contributed by atoms with Crippen LogP contribution in [0.15, 0.2) is 46.0 Å². The minimum Gasteiger partial charge on any atom is -0.368 e. The fourth-order valence-corrected chi connectivity index (χ4v) is 4.30. The third-order valence-corrected chi connectivity index (χ3v) is 6.17. The average molecular weight is 352 g/mol. The maximum atomic E-state index is 12.1. The standard InChI is InChI=1S/C15H16N2O4S2/c18-15(13-3-1-9-21-13)16-11-5-7-12(8-6-11)17-23(19,20)14-4-2-10-22-14/h2,4-8,10,13,17H,1,3,9H2,(H,16,18)/t13-/m0/s1. The predicted octanol–water partition coefficient (Wildman–Crippen LogP) is 2.67. The quantitative estimate of drug-likeness (QED) is 0.866. The summed E-state index contributed by atoms with van der Waals surface area (Å²) in [6.45, 7) is 0.613. The van der Waals surface area contributed by atoms with Gasteiger partial charge in [0.15, 0.2) is 0 Å². The molecular formula is C15H16N2O4S2. The van der Waals surface area contributed by atoms with Crippen LogP contribution >= 0.6 is 11.3 Å². The normalized spacial score (nSPS) is 17.8. The van der Waals surface area contributed by atoms with Crippen molar-refractivity contribution in [3.05, 3.63) is 41.8 Å². The second kappa shape index (κ2) is 6.69. The largest absolute Gasteiger partial charge is 0.368 e. The van der Waals surface area contributed by atoms with E-state index in [4.69, 9.17) is 4.74 Å². The van der Waals surface area contributed by atoms with Crippen molar-refractivity contribution in [3.63, 3.8) is 0 Å². The number of carbonyl (C=O) groups excluding carboxylic acids is 1. The van der Waals surface area contributed by atoms with Crippen molar-refractivity contribution in [1.82, 2.24) is 0 Å². The molecule has 2 heterocycles. The predicted molar refractivity (Wildman–Crippen MR) is 89.2 cm³/mol. The number of sulfonamides is 1. The number of amides is 1. The number of anilines is 2. The first kappa shape index (κ1) is 16.0. The summed E-state index contributed by atoms with van der Waals surface area (Å²) in [5.41, 5.74) is 1.04. The Kier molecular flexibility index (Phi) is 4.65. The van der Waals surface area contributed by atoms with Crippen molar-refractivity contribution in [2.24, 2.45) is 0 Å². The number of benzene rings is 1. The first-order valence-corrected chi connectivity index (χ1v) is 9.50. The highest BCUT2D eigenvalue weighted by Crippen LogP contribution is 2.22. The summed E-state index contributed by atoms with van der Waals surface area (Å²) in [5, 5.41) is 4.47. The van der Waals surface area contributed by atoms with Gasteiger partial charge in [-0.15, -0.1) is 11.3 Å². The number of thiophene rings is 1. The number of hydrogen-bond donors (Lipinski definition) is 2. The maximum Gasteiger partial charge on any atom is 0.271 e. The topological polar surface area (TPSA) is 84.5 Å². The van der Waals surface area contributed by atoms with E-state index in [1.54, 1.807) is 41.8 Å². The molecule has 1 aliphatic heterocycles. The van der Waals surface area contributed by atoms with Crippen LogP contribution in [0.5, 0.6) is 0 Å². The average Bonchev–Trinajstić information content (AvgIpc) is 3.23. The lowest BCUT2D eigenvalue weighted by atomic mass is 10.2. The van der Waals surface area contributed by atoms with Gasteiger partial charge in [-0.3, -0.25) is 9.52 Å². The highest BCUT2D eigenvalue weighted by molar-refractivity contribution is 7.94. The molecule has 0 saturated carbocycles. The highest BCUT2D eigenvalue weighted by atomic mass is 32.2. The molecule has 1 aromatic heterocycles. The fourth-order valence-electron chi connectivity index (χ4n) is 2.25. The molecule has 6 nitrogen and oxygen atoms in total. The van der Waals surface area contributed by atoms with Crippen LogP contribution in [0.1, 0.15) is 12.8 Å². The van der Waals surface area contributed by atoms with Gasteiger partial charge in [0.05, 0.1) is 0 Å². The third kappa shape index (κ3) is 3.90. The summed E-state index contributed by atoms with van der Waals surface area (Å²) in [6, 6.07) is 9.75. The summed E-state index contributed by atoms with van der Waals surface area (Å²) in [7, 11) is -3.56. The Hall–Kier alpha value is -1.90.